The summed E-state index contributed by atoms with van der Waals surface area (Å²) in [5.74, 6) is 1.36. The van der Waals surface area contributed by atoms with E-state index in [4.69, 9.17) is 13.8 Å². The van der Waals surface area contributed by atoms with E-state index in [1.165, 1.54) is 0 Å². The molecule has 0 unspecified atom stereocenters. The zero-order chi connectivity index (χ0) is 16.9. The minimum atomic E-state index is -0.380. The number of hydrogen-bond donors (Lipinski definition) is 1. The summed E-state index contributed by atoms with van der Waals surface area (Å²) < 4.78 is 15.2. The van der Waals surface area contributed by atoms with Crippen LogP contribution in [0.3, 0.4) is 0 Å². The van der Waals surface area contributed by atoms with Gasteiger partial charge in [-0.25, -0.2) is 4.98 Å². The molecule has 0 aromatic carbocycles. The molecule has 1 amide bonds. The third kappa shape index (κ3) is 3.57. The van der Waals surface area contributed by atoms with Gasteiger partial charge >= 0.3 is 0 Å². The summed E-state index contributed by atoms with van der Waals surface area (Å²) in [6.07, 6.45) is 1.59. The average Bonchev–Trinajstić information content (AvgIpc) is 3.23. The van der Waals surface area contributed by atoms with Crippen molar-refractivity contribution in [2.75, 3.05) is 6.61 Å². The number of nitrogens with one attached hydrogen (secondary N) is 1. The van der Waals surface area contributed by atoms with E-state index < -0.39 is 0 Å². The van der Waals surface area contributed by atoms with Gasteiger partial charge in [0.2, 0.25) is 17.6 Å². The third-order valence-corrected chi connectivity index (χ3v) is 3.02. The topological polar surface area (TPSA) is 116 Å². The van der Waals surface area contributed by atoms with Crippen molar-refractivity contribution < 1.29 is 18.6 Å². The highest BCUT2D eigenvalue weighted by molar-refractivity contribution is 5.92. The monoisotopic (exact) mass is 329 g/mol. The maximum Gasteiger partial charge on any atom is 0.273 e. The summed E-state index contributed by atoms with van der Waals surface area (Å²) >= 11 is 0. The van der Waals surface area contributed by atoms with Gasteiger partial charge in [0.05, 0.1) is 13.2 Å². The number of amides is 1. The summed E-state index contributed by atoms with van der Waals surface area (Å²) in [6.45, 7) is 4.22. The fraction of sp³-hybridized carbons (Fsp3) is 0.267. The van der Waals surface area contributed by atoms with Gasteiger partial charge in [-0.3, -0.25) is 4.79 Å². The lowest BCUT2D eigenvalue weighted by Crippen LogP contribution is -2.23. The normalized spacial score (nSPS) is 10.6. The van der Waals surface area contributed by atoms with Crippen LogP contribution in [-0.2, 0) is 6.54 Å². The van der Waals surface area contributed by atoms with E-state index in [0.717, 1.165) is 0 Å². The van der Waals surface area contributed by atoms with Crippen molar-refractivity contribution in [3.8, 4) is 17.3 Å². The zero-order valence-electron chi connectivity index (χ0n) is 13.1. The predicted molar refractivity (Wildman–Crippen MR) is 81.1 cm³/mol. The fourth-order valence-corrected chi connectivity index (χ4v) is 1.91. The summed E-state index contributed by atoms with van der Waals surface area (Å²) in [5.41, 5.74) is 0.884. The van der Waals surface area contributed by atoms with E-state index in [9.17, 15) is 4.79 Å². The van der Waals surface area contributed by atoms with Crippen LogP contribution in [0.2, 0.25) is 0 Å². The largest absolute Gasteiger partial charge is 0.478 e. The minimum absolute atomic E-state index is 0.0855. The number of ether oxygens (including phenoxy) is 1. The van der Waals surface area contributed by atoms with E-state index >= 15 is 0 Å². The number of carbonyl (C=O) groups is 1. The van der Waals surface area contributed by atoms with Crippen LogP contribution in [0, 0.1) is 6.92 Å². The molecule has 9 nitrogen and oxygen atoms in total. The molecule has 0 radical (unpaired) electrons. The van der Waals surface area contributed by atoms with Crippen LogP contribution >= 0.6 is 0 Å². The van der Waals surface area contributed by atoms with Crippen LogP contribution in [0.15, 0.2) is 33.4 Å². The number of pyridine rings is 1. The molecule has 0 bridgehead atoms. The lowest BCUT2D eigenvalue weighted by Gasteiger charge is -2.00. The maximum atomic E-state index is 11.9. The first-order chi connectivity index (χ1) is 11.7. The van der Waals surface area contributed by atoms with Gasteiger partial charge in [0, 0.05) is 23.9 Å². The van der Waals surface area contributed by atoms with Gasteiger partial charge in [-0.05, 0) is 19.9 Å². The van der Waals surface area contributed by atoms with E-state index in [1.807, 2.05) is 6.92 Å². The molecule has 3 aromatic heterocycles. The van der Waals surface area contributed by atoms with Crippen molar-refractivity contribution in [1.29, 1.82) is 0 Å². The Kier molecular flexibility index (Phi) is 4.50. The Morgan fingerprint density at radius 3 is 2.83 bits per heavy atom. The molecule has 0 atom stereocenters. The van der Waals surface area contributed by atoms with Crippen LogP contribution in [0.5, 0.6) is 5.88 Å². The number of hydrogen-bond acceptors (Lipinski definition) is 8. The molecule has 3 rings (SSSR count). The molecule has 0 saturated carbocycles. The first kappa shape index (κ1) is 15.7. The molecule has 1 N–H and O–H groups in total. The van der Waals surface area contributed by atoms with Crippen molar-refractivity contribution in [2.45, 2.75) is 20.4 Å². The molecule has 0 aliphatic carbocycles. The van der Waals surface area contributed by atoms with Crippen LogP contribution in [-0.4, -0.2) is 32.8 Å². The number of aromatic nitrogens is 4. The standard InChI is InChI=1S/C15H15N5O4/c1-3-22-12-5-4-10(7-16-12)14-18-13(24-20-14)8-17-15(21)11-6-9(2)23-19-11/h4-7H,3,8H2,1-2H3,(H,17,21). The Morgan fingerprint density at radius 1 is 1.29 bits per heavy atom. The van der Waals surface area contributed by atoms with Gasteiger partial charge in [0.1, 0.15) is 5.76 Å². The second-order valence-electron chi connectivity index (χ2n) is 4.84. The van der Waals surface area contributed by atoms with E-state index in [2.05, 4.69) is 25.6 Å². The van der Waals surface area contributed by atoms with Gasteiger partial charge in [-0.15, -0.1) is 0 Å². The highest BCUT2D eigenvalue weighted by Gasteiger charge is 2.13. The third-order valence-electron chi connectivity index (χ3n) is 3.02. The first-order valence-electron chi connectivity index (χ1n) is 7.29. The molecular formula is C15H15N5O4. The van der Waals surface area contributed by atoms with Gasteiger partial charge in [-0.2, -0.15) is 4.98 Å². The molecule has 0 saturated heterocycles. The molecular weight excluding hydrogens is 314 g/mol. The highest BCUT2D eigenvalue weighted by atomic mass is 16.5. The van der Waals surface area contributed by atoms with Gasteiger partial charge in [0.25, 0.3) is 5.91 Å². The molecule has 0 spiro atoms. The fourth-order valence-electron chi connectivity index (χ4n) is 1.91. The van der Waals surface area contributed by atoms with E-state index in [0.29, 0.717) is 29.6 Å². The quantitative estimate of drug-likeness (QED) is 0.727. The first-order valence-corrected chi connectivity index (χ1v) is 7.29. The lowest BCUT2D eigenvalue weighted by atomic mass is 10.3. The number of aryl methyl sites for hydroxylation is 1. The average molecular weight is 329 g/mol. The Hall–Kier alpha value is -3.23. The molecule has 0 aliphatic rings. The molecule has 3 aromatic rings. The van der Waals surface area contributed by atoms with Crippen molar-refractivity contribution >= 4 is 5.91 Å². The van der Waals surface area contributed by atoms with E-state index in [-0.39, 0.29) is 24.0 Å². The number of carbonyl (C=O) groups excluding carboxylic acids is 1. The smallest absolute Gasteiger partial charge is 0.273 e. The Bertz CT molecular complexity index is 825. The number of rotatable bonds is 6. The molecule has 0 aliphatic heterocycles. The second-order valence-corrected chi connectivity index (χ2v) is 4.84. The maximum absolute atomic E-state index is 11.9. The summed E-state index contributed by atoms with van der Waals surface area (Å²) in [5, 5.41) is 10.1. The van der Waals surface area contributed by atoms with Gasteiger partial charge < -0.3 is 19.1 Å². The molecule has 0 fully saturated rings. The molecule has 24 heavy (non-hydrogen) atoms. The van der Waals surface area contributed by atoms with Gasteiger partial charge in [0.15, 0.2) is 5.69 Å². The highest BCUT2D eigenvalue weighted by Crippen LogP contribution is 2.17. The predicted octanol–water partition coefficient (Wildman–Crippen LogP) is 1.76. The summed E-state index contributed by atoms with van der Waals surface area (Å²) in [6, 6.07) is 5.05. The van der Waals surface area contributed by atoms with Gasteiger partial charge in [-0.1, -0.05) is 10.3 Å². The van der Waals surface area contributed by atoms with Crippen molar-refractivity contribution in [1.82, 2.24) is 25.6 Å². The zero-order valence-corrected chi connectivity index (χ0v) is 13.1. The SMILES string of the molecule is CCOc1ccc(-c2noc(CNC(=O)c3cc(C)on3)n2)cn1. The minimum Gasteiger partial charge on any atom is -0.478 e. The lowest BCUT2D eigenvalue weighted by molar-refractivity contribution is 0.0937. The second kappa shape index (κ2) is 6.90. The van der Waals surface area contributed by atoms with Crippen LogP contribution in [0.1, 0.15) is 29.1 Å². The van der Waals surface area contributed by atoms with E-state index in [1.54, 1.807) is 31.3 Å². The van der Waals surface area contributed by atoms with Crippen molar-refractivity contribution in [2.24, 2.45) is 0 Å². The summed E-state index contributed by atoms with van der Waals surface area (Å²) in [4.78, 5) is 20.2. The van der Waals surface area contributed by atoms with Crippen molar-refractivity contribution in [3.05, 3.63) is 41.7 Å². The Morgan fingerprint density at radius 2 is 2.17 bits per heavy atom. The summed E-state index contributed by atoms with van der Waals surface area (Å²) in [7, 11) is 0. The Balaban J connectivity index is 1.62. The van der Waals surface area contributed by atoms with Crippen LogP contribution in [0.4, 0.5) is 0 Å². The molecule has 3 heterocycles. The van der Waals surface area contributed by atoms with Crippen LogP contribution in [0.25, 0.3) is 11.4 Å². The van der Waals surface area contributed by atoms with Crippen molar-refractivity contribution in [3.63, 3.8) is 0 Å². The molecule has 9 heteroatoms. The Labute approximate surface area is 137 Å². The molecule has 124 valence electrons. The van der Waals surface area contributed by atoms with Crippen LogP contribution < -0.4 is 10.1 Å². The number of nitrogens with zero attached hydrogens (tertiary/aromatic N) is 4.